The van der Waals surface area contributed by atoms with Crippen molar-refractivity contribution in [1.29, 1.82) is 0 Å². The minimum atomic E-state index is 0.387. The van der Waals surface area contributed by atoms with Gasteiger partial charge in [0.1, 0.15) is 0 Å². The van der Waals surface area contributed by atoms with Crippen LogP contribution in [0.15, 0.2) is 29.2 Å². The monoisotopic (exact) mass is 265 g/mol. The molecule has 1 aliphatic carbocycles. The molecular weight excluding hydrogens is 242 g/mol. The van der Waals surface area contributed by atoms with Crippen LogP contribution in [0.3, 0.4) is 0 Å². The van der Waals surface area contributed by atoms with Gasteiger partial charge in [0.2, 0.25) is 0 Å². The van der Waals surface area contributed by atoms with Gasteiger partial charge in [-0.1, -0.05) is 12.1 Å². The Labute approximate surface area is 114 Å². The van der Waals surface area contributed by atoms with Crippen molar-refractivity contribution in [3.8, 4) is 0 Å². The summed E-state index contributed by atoms with van der Waals surface area (Å²) in [6.07, 6.45) is 6.18. The summed E-state index contributed by atoms with van der Waals surface area (Å²) in [7, 11) is 1.82. The topological polar surface area (TPSA) is 21.3 Å². The molecule has 0 heterocycles. The van der Waals surface area contributed by atoms with E-state index in [1.165, 1.54) is 29.7 Å². The lowest BCUT2D eigenvalue weighted by molar-refractivity contribution is 0.0820. The molecular formula is C15H23NOS. The Balaban J connectivity index is 1.95. The summed E-state index contributed by atoms with van der Waals surface area (Å²) in [4.78, 5) is 1.32. The molecule has 3 unspecified atom stereocenters. The average molecular weight is 265 g/mol. The third-order valence-electron chi connectivity index (χ3n) is 3.84. The number of ether oxygens (including phenoxy) is 1. The number of thioether (sulfide) groups is 1. The van der Waals surface area contributed by atoms with E-state index in [-0.39, 0.29) is 0 Å². The van der Waals surface area contributed by atoms with Gasteiger partial charge in [-0.25, -0.2) is 0 Å². The molecule has 2 nitrogen and oxygen atoms in total. The smallest absolute Gasteiger partial charge is 0.0724 e. The Kier molecular flexibility index (Phi) is 5.10. The normalized spacial score (nSPS) is 25.3. The van der Waals surface area contributed by atoms with E-state index < -0.39 is 0 Å². The summed E-state index contributed by atoms with van der Waals surface area (Å²) in [6.45, 7) is 2.24. The minimum absolute atomic E-state index is 0.387. The molecule has 0 spiro atoms. The second-order valence-electron chi connectivity index (χ2n) is 4.97. The Bertz CT molecular complexity index is 365. The van der Waals surface area contributed by atoms with E-state index >= 15 is 0 Å². The molecule has 1 aromatic rings. The Morgan fingerprint density at radius 1 is 1.28 bits per heavy atom. The first-order chi connectivity index (χ1) is 8.74. The van der Waals surface area contributed by atoms with E-state index in [2.05, 4.69) is 42.8 Å². The summed E-state index contributed by atoms with van der Waals surface area (Å²) in [5, 5.41) is 3.70. The lowest BCUT2D eigenvalue weighted by atomic mass is 10.1. The van der Waals surface area contributed by atoms with Crippen LogP contribution >= 0.6 is 11.8 Å². The zero-order valence-corrected chi connectivity index (χ0v) is 12.3. The van der Waals surface area contributed by atoms with Gasteiger partial charge in [-0.15, -0.1) is 11.8 Å². The molecule has 2 rings (SSSR count). The predicted octanol–water partition coefficient (Wildman–Crippen LogP) is 3.63. The standard InChI is InChI=1S/C15H23NOS/c1-11(12-7-9-13(18-3)10-8-12)16-14-5-4-6-15(14)17-2/h7-11,14-16H,4-6H2,1-3H3. The van der Waals surface area contributed by atoms with Crippen LogP contribution in [-0.4, -0.2) is 25.5 Å². The molecule has 1 saturated carbocycles. The zero-order chi connectivity index (χ0) is 13.0. The highest BCUT2D eigenvalue weighted by Gasteiger charge is 2.28. The van der Waals surface area contributed by atoms with Crippen molar-refractivity contribution in [2.75, 3.05) is 13.4 Å². The van der Waals surface area contributed by atoms with Gasteiger partial charge in [0.05, 0.1) is 6.10 Å². The fourth-order valence-electron chi connectivity index (χ4n) is 2.71. The van der Waals surface area contributed by atoms with Crippen molar-refractivity contribution >= 4 is 11.8 Å². The van der Waals surface area contributed by atoms with E-state index in [0.29, 0.717) is 18.2 Å². The van der Waals surface area contributed by atoms with Gasteiger partial charge in [0, 0.05) is 24.1 Å². The van der Waals surface area contributed by atoms with Gasteiger partial charge in [-0.05, 0) is 50.1 Å². The lowest BCUT2D eigenvalue weighted by Crippen LogP contribution is -2.38. The first-order valence-electron chi connectivity index (χ1n) is 6.67. The van der Waals surface area contributed by atoms with E-state index in [4.69, 9.17) is 4.74 Å². The molecule has 3 heteroatoms. The highest BCUT2D eigenvalue weighted by atomic mass is 32.2. The molecule has 0 aromatic heterocycles. The maximum Gasteiger partial charge on any atom is 0.0724 e. The predicted molar refractivity (Wildman–Crippen MR) is 78.2 cm³/mol. The minimum Gasteiger partial charge on any atom is -0.380 e. The Hall–Kier alpha value is -0.510. The number of benzene rings is 1. The van der Waals surface area contributed by atoms with Crippen molar-refractivity contribution in [3.63, 3.8) is 0 Å². The number of rotatable bonds is 5. The molecule has 0 radical (unpaired) electrons. The first kappa shape index (κ1) is 13.9. The van der Waals surface area contributed by atoms with Gasteiger partial charge >= 0.3 is 0 Å². The van der Waals surface area contributed by atoms with Gasteiger partial charge in [0.15, 0.2) is 0 Å². The summed E-state index contributed by atoms with van der Waals surface area (Å²) in [5.74, 6) is 0. The summed E-state index contributed by atoms with van der Waals surface area (Å²) < 4.78 is 5.53. The van der Waals surface area contributed by atoms with E-state index in [9.17, 15) is 0 Å². The van der Waals surface area contributed by atoms with Crippen molar-refractivity contribution in [1.82, 2.24) is 5.32 Å². The molecule has 1 fully saturated rings. The third kappa shape index (κ3) is 3.28. The van der Waals surface area contributed by atoms with Crippen LogP contribution in [-0.2, 0) is 4.74 Å². The quantitative estimate of drug-likeness (QED) is 0.822. The van der Waals surface area contributed by atoms with Crippen LogP contribution < -0.4 is 5.32 Å². The van der Waals surface area contributed by atoms with Crippen LogP contribution in [0.2, 0.25) is 0 Å². The Morgan fingerprint density at radius 2 is 2.00 bits per heavy atom. The molecule has 18 heavy (non-hydrogen) atoms. The number of hydrogen-bond donors (Lipinski definition) is 1. The maximum atomic E-state index is 5.53. The molecule has 0 amide bonds. The van der Waals surface area contributed by atoms with Crippen LogP contribution in [0.25, 0.3) is 0 Å². The van der Waals surface area contributed by atoms with Gasteiger partial charge in [-0.3, -0.25) is 0 Å². The molecule has 0 bridgehead atoms. The summed E-state index contributed by atoms with van der Waals surface area (Å²) in [6, 6.07) is 9.73. The highest BCUT2D eigenvalue weighted by Crippen LogP contribution is 2.25. The molecule has 100 valence electrons. The largest absolute Gasteiger partial charge is 0.380 e. The van der Waals surface area contributed by atoms with Crippen LogP contribution in [0.4, 0.5) is 0 Å². The summed E-state index contributed by atoms with van der Waals surface area (Å²) >= 11 is 1.79. The number of nitrogens with one attached hydrogen (secondary N) is 1. The highest BCUT2D eigenvalue weighted by molar-refractivity contribution is 7.98. The fraction of sp³-hybridized carbons (Fsp3) is 0.600. The first-order valence-corrected chi connectivity index (χ1v) is 7.90. The molecule has 1 aliphatic rings. The van der Waals surface area contributed by atoms with Crippen molar-refractivity contribution < 1.29 is 4.74 Å². The van der Waals surface area contributed by atoms with Crippen molar-refractivity contribution in [2.24, 2.45) is 0 Å². The maximum absolute atomic E-state index is 5.53. The number of hydrogen-bond acceptors (Lipinski definition) is 3. The van der Waals surface area contributed by atoms with E-state index in [0.717, 1.165) is 0 Å². The third-order valence-corrected chi connectivity index (χ3v) is 4.58. The molecule has 0 saturated heterocycles. The van der Waals surface area contributed by atoms with Crippen molar-refractivity contribution in [2.45, 2.75) is 49.3 Å². The zero-order valence-electron chi connectivity index (χ0n) is 11.5. The van der Waals surface area contributed by atoms with Gasteiger partial charge in [0.25, 0.3) is 0 Å². The van der Waals surface area contributed by atoms with Crippen LogP contribution in [0, 0.1) is 0 Å². The fourth-order valence-corrected chi connectivity index (χ4v) is 3.12. The van der Waals surface area contributed by atoms with E-state index in [1.54, 1.807) is 11.8 Å². The second kappa shape index (κ2) is 6.60. The van der Waals surface area contributed by atoms with Gasteiger partial charge in [-0.2, -0.15) is 0 Å². The van der Waals surface area contributed by atoms with Crippen LogP contribution in [0.5, 0.6) is 0 Å². The summed E-state index contributed by atoms with van der Waals surface area (Å²) in [5.41, 5.74) is 1.36. The lowest BCUT2D eigenvalue weighted by Gasteiger charge is -2.24. The molecule has 0 aliphatic heterocycles. The molecule has 1 N–H and O–H groups in total. The van der Waals surface area contributed by atoms with Crippen LogP contribution in [0.1, 0.15) is 37.8 Å². The van der Waals surface area contributed by atoms with Crippen molar-refractivity contribution in [3.05, 3.63) is 29.8 Å². The van der Waals surface area contributed by atoms with Gasteiger partial charge < -0.3 is 10.1 Å². The average Bonchev–Trinajstić information content (AvgIpc) is 2.86. The molecule has 1 aromatic carbocycles. The molecule has 3 atom stereocenters. The SMILES string of the molecule is COC1CCCC1NC(C)c1ccc(SC)cc1. The number of methoxy groups -OCH3 is 1. The Morgan fingerprint density at radius 3 is 2.61 bits per heavy atom. The second-order valence-corrected chi connectivity index (χ2v) is 5.85. The van der Waals surface area contributed by atoms with E-state index in [1.807, 2.05) is 7.11 Å².